The van der Waals surface area contributed by atoms with E-state index in [1.54, 1.807) is 4.90 Å². The smallest absolute Gasteiger partial charge is 0.308 e. The number of rotatable bonds is 5. The van der Waals surface area contributed by atoms with Crippen LogP contribution in [0.4, 0.5) is 0 Å². The van der Waals surface area contributed by atoms with E-state index in [-0.39, 0.29) is 11.8 Å². The largest absolute Gasteiger partial charge is 0.481 e. The van der Waals surface area contributed by atoms with Gasteiger partial charge in [0.05, 0.1) is 5.92 Å². The van der Waals surface area contributed by atoms with E-state index in [2.05, 4.69) is 5.32 Å². The summed E-state index contributed by atoms with van der Waals surface area (Å²) in [6.07, 6.45) is 0.442. The average molecular weight is 242 g/mol. The molecule has 0 spiro atoms. The Morgan fingerprint density at radius 2 is 2.06 bits per heavy atom. The second kappa shape index (κ2) is 6.00. The Kier molecular flexibility index (Phi) is 4.93. The lowest BCUT2D eigenvalue weighted by Crippen LogP contribution is -2.33. The third-order valence-electron chi connectivity index (χ3n) is 3.17. The van der Waals surface area contributed by atoms with Crippen LogP contribution in [0.15, 0.2) is 0 Å². The fourth-order valence-electron chi connectivity index (χ4n) is 2.12. The first-order valence-electron chi connectivity index (χ1n) is 6.15. The molecule has 1 aliphatic rings. The minimum Gasteiger partial charge on any atom is -0.481 e. The third kappa shape index (κ3) is 4.00. The van der Waals surface area contributed by atoms with Crippen molar-refractivity contribution in [3.8, 4) is 0 Å². The molecule has 1 fully saturated rings. The number of carboxylic acids is 1. The first-order valence-corrected chi connectivity index (χ1v) is 6.15. The predicted octanol–water partition coefficient (Wildman–Crippen LogP) is 0.554. The highest BCUT2D eigenvalue weighted by atomic mass is 16.4. The molecule has 1 aliphatic heterocycles. The molecule has 0 aliphatic carbocycles. The highest BCUT2D eigenvalue weighted by molar-refractivity contribution is 5.79. The average Bonchev–Trinajstić information content (AvgIpc) is 2.59. The summed E-state index contributed by atoms with van der Waals surface area (Å²) in [7, 11) is 0. The lowest BCUT2D eigenvalue weighted by molar-refractivity contribution is -0.142. The zero-order valence-electron chi connectivity index (χ0n) is 10.8. The molecule has 0 aromatic rings. The van der Waals surface area contributed by atoms with E-state index in [0.29, 0.717) is 32.1 Å². The van der Waals surface area contributed by atoms with Crippen molar-refractivity contribution in [1.82, 2.24) is 10.2 Å². The van der Waals surface area contributed by atoms with Crippen LogP contribution in [-0.4, -0.2) is 47.6 Å². The molecule has 1 heterocycles. The highest BCUT2D eigenvalue weighted by Gasteiger charge is 2.36. The van der Waals surface area contributed by atoms with Gasteiger partial charge in [0.25, 0.3) is 0 Å². The predicted molar refractivity (Wildman–Crippen MR) is 64.6 cm³/mol. The van der Waals surface area contributed by atoms with E-state index in [4.69, 9.17) is 5.11 Å². The van der Waals surface area contributed by atoms with Gasteiger partial charge in [-0.25, -0.2) is 0 Å². The van der Waals surface area contributed by atoms with Gasteiger partial charge < -0.3 is 15.3 Å². The zero-order chi connectivity index (χ0) is 13.0. The number of amides is 1. The van der Waals surface area contributed by atoms with E-state index >= 15 is 0 Å². The fourth-order valence-corrected chi connectivity index (χ4v) is 2.12. The van der Waals surface area contributed by atoms with Gasteiger partial charge >= 0.3 is 5.97 Å². The molecule has 2 atom stereocenters. The summed E-state index contributed by atoms with van der Waals surface area (Å²) < 4.78 is 0. The van der Waals surface area contributed by atoms with E-state index in [0.717, 1.165) is 0 Å². The number of hydrogen-bond donors (Lipinski definition) is 2. The molecular formula is C12H22N2O3. The van der Waals surface area contributed by atoms with Crippen molar-refractivity contribution in [1.29, 1.82) is 0 Å². The van der Waals surface area contributed by atoms with Crippen molar-refractivity contribution in [3.63, 3.8) is 0 Å². The lowest BCUT2D eigenvalue weighted by Gasteiger charge is -2.16. The summed E-state index contributed by atoms with van der Waals surface area (Å²) in [6, 6.07) is 0.368. The van der Waals surface area contributed by atoms with Crippen LogP contribution in [0, 0.1) is 11.8 Å². The normalized spacial score (nSPS) is 24.4. The summed E-state index contributed by atoms with van der Waals surface area (Å²) in [4.78, 5) is 24.4. The molecule has 2 unspecified atom stereocenters. The van der Waals surface area contributed by atoms with E-state index in [1.165, 1.54) is 0 Å². The molecule has 5 heteroatoms. The highest BCUT2D eigenvalue weighted by Crippen LogP contribution is 2.23. The van der Waals surface area contributed by atoms with Gasteiger partial charge in [0.2, 0.25) is 5.91 Å². The van der Waals surface area contributed by atoms with Crippen LogP contribution in [0.3, 0.4) is 0 Å². The molecule has 17 heavy (non-hydrogen) atoms. The maximum atomic E-state index is 11.8. The summed E-state index contributed by atoms with van der Waals surface area (Å²) in [5.74, 6) is -1.10. The number of likely N-dealkylation sites (tertiary alicyclic amines) is 1. The van der Waals surface area contributed by atoms with E-state index < -0.39 is 11.9 Å². The van der Waals surface area contributed by atoms with Crippen molar-refractivity contribution < 1.29 is 14.7 Å². The van der Waals surface area contributed by atoms with Gasteiger partial charge in [-0.15, -0.1) is 0 Å². The number of carboxylic acid groups (broad SMARTS) is 1. The maximum Gasteiger partial charge on any atom is 0.308 e. The molecule has 0 radical (unpaired) electrons. The minimum atomic E-state index is -0.798. The van der Waals surface area contributed by atoms with Gasteiger partial charge in [0.1, 0.15) is 0 Å². The summed E-state index contributed by atoms with van der Waals surface area (Å²) in [5.41, 5.74) is 0. The summed E-state index contributed by atoms with van der Waals surface area (Å²) >= 11 is 0. The minimum absolute atomic E-state index is 0.0498. The van der Waals surface area contributed by atoms with Crippen LogP contribution in [-0.2, 0) is 9.59 Å². The van der Waals surface area contributed by atoms with Crippen LogP contribution in [0.2, 0.25) is 0 Å². The molecule has 0 saturated carbocycles. The standard InChI is InChI=1S/C12H22N2O3/c1-8(2)13-5-4-11(15)14-6-9(3)10(7-14)12(16)17/h8-10,13H,4-7H2,1-3H3,(H,16,17). The van der Waals surface area contributed by atoms with Crippen LogP contribution in [0.25, 0.3) is 0 Å². The van der Waals surface area contributed by atoms with Gasteiger partial charge in [-0.1, -0.05) is 20.8 Å². The molecule has 5 nitrogen and oxygen atoms in total. The van der Waals surface area contributed by atoms with Crippen LogP contribution < -0.4 is 5.32 Å². The van der Waals surface area contributed by atoms with Gasteiger partial charge in [0.15, 0.2) is 0 Å². The molecule has 1 amide bonds. The Hall–Kier alpha value is -1.10. The SMILES string of the molecule is CC(C)NCCC(=O)N1CC(C)C(C(=O)O)C1. The van der Waals surface area contributed by atoms with Gasteiger partial charge in [-0.3, -0.25) is 9.59 Å². The first kappa shape index (κ1) is 14.0. The molecule has 0 aromatic carbocycles. The molecule has 1 saturated heterocycles. The Balaban J connectivity index is 2.37. The van der Waals surface area contributed by atoms with Gasteiger partial charge in [0, 0.05) is 32.1 Å². The number of carbonyl (C=O) groups is 2. The Labute approximate surface area is 102 Å². The Morgan fingerprint density at radius 1 is 1.41 bits per heavy atom. The van der Waals surface area contributed by atoms with Crippen molar-refractivity contribution in [2.75, 3.05) is 19.6 Å². The first-order chi connectivity index (χ1) is 7.91. The quantitative estimate of drug-likeness (QED) is 0.739. The maximum absolute atomic E-state index is 11.8. The van der Waals surface area contributed by atoms with E-state index in [9.17, 15) is 9.59 Å². The topological polar surface area (TPSA) is 69.6 Å². The summed E-state index contributed by atoms with van der Waals surface area (Å²) in [5, 5.41) is 12.2. The Morgan fingerprint density at radius 3 is 2.53 bits per heavy atom. The molecule has 98 valence electrons. The Bertz CT molecular complexity index is 291. The number of nitrogens with zero attached hydrogens (tertiary/aromatic N) is 1. The number of hydrogen-bond acceptors (Lipinski definition) is 3. The fraction of sp³-hybridized carbons (Fsp3) is 0.833. The van der Waals surface area contributed by atoms with E-state index in [1.807, 2.05) is 20.8 Å². The molecular weight excluding hydrogens is 220 g/mol. The van der Waals surface area contributed by atoms with Gasteiger partial charge in [-0.2, -0.15) is 0 Å². The summed E-state index contributed by atoms with van der Waals surface area (Å²) in [6.45, 7) is 7.53. The zero-order valence-corrected chi connectivity index (χ0v) is 10.8. The monoisotopic (exact) mass is 242 g/mol. The van der Waals surface area contributed by atoms with Crippen LogP contribution in [0.5, 0.6) is 0 Å². The second-order valence-electron chi connectivity index (χ2n) is 5.08. The van der Waals surface area contributed by atoms with Crippen molar-refractivity contribution in [2.24, 2.45) is 11.8 Å². The van der Waals surface area contributed by atoms with Crippen molar-refractivity contribution in [3.05, 3.63) is 0 Å². The van der Waals surface area contributed by atoms with Crippen molar-refractivity contribution in [2.45, 2.75) is 33.2 Å². The van der Waals surface area contributed by atoms with Crippen LogP contribution in [0.1, 0.15) is 27.2 Å². The second-order valence-corrected chi connectivity index (χ2v) is 5.08. The molecule has 0 aromatic heterocycles. The third-order valence-corrected chi connectivity index (χ3v) is 3.17. The number of carbonyl (C=O) groups excluding carboxylic acids is 1. The number of aliphatic carboxylic acids is 1. The number of nitrogens with one attached hydrogen (secondary N) is 1. The molecule has 0 bridgehead atoms. The van der Waals surface area contributed by atoms with Gasteiger partial charge in [-0.05, 0) is 5.92 Å². The lowest BCUT2D eigenvalue weighted by atomic mass is 9.99. The van der Waals surface area contributed by atoms with Crippen LogP contribution >= 0.6 is 0 Å². The molecule has 2 N–H and O–H groups in total. The molecule has 1 rings (SSSR count). The van der Waals surface area contributed by atoms with Crippen molar-refractivity contribution >= 4 is 11.9 Å².